The maximum atomic E-state index is 12.5. The topological polar surface area (TPSA) is 98.8 Å². The second-order valence-corrected chi connectivity index (χ2v) is 5.47. The van der Waals surface area contributed by atoms with Gasteiger partial charge in [-0.05, 0) is 27.2 Å². The van der Waals surface area contributed by atoms with Crippen LogP contribution in [0.2, 0.25) is 0 Å². The van der Waals surface area contributed by atoms with E-state index in [1.165, 1.54) is 0 Å². The number of rotatable bonds is 4. The van der Waals surface area contributed by atoms with Crippen molar-refractivity contribution in [1.29, 1.82) is 0 Å². The minimum Gasteiger partial charge on any atom is -0.465 e. The van der Waals surface area contributed by atoms with Crippen molar-refractivity contribution in [3.63, 3.8) is 0 Å². The van der Waals surface area contributed by atoms with Crippen LogP contribution in [0.5, 0.6) is 0 Å². The summed E-state index contributed by atoms with van der Waals surface area (Å²) >= 11 is 0. The summed E-state index contributed by atoms with van der Waals surface area (Å²) in [7, 11) is 0. The van der Waals surface area contributed by atoms with E-state index in [0.717, 1.165) is 5.57 Å². The van der Waals surface area contributed by atoms with E-state index in [9.17, 15) is 19.2 Å². The highest BCUT2D eigenvalue weighted by Crippen LogP contribution is 2.50. The number of allylic oxidation sites excluding steroid dienone is 1. The molecule has 0 aromatic rings. The van der Waals surface area contributed by atoms with Crippen LogP contribution in [0.1, 0.15) is 33.6 Å². The zero-order valence-electron chi connectivity index (χ0n) is 12.9. The molecular weight excluding hydrogens is 290 g/mol. The van der Waals surface area contributed by atoms with Crippen LogP contribution in [0.3, 0.4) is 0 Å². The largest absolute Gasteiger partial charge is 0.465 e. The van der Waals surface area contributed by atoms with Crippen molar-refractivity contribution in [2.24, 2.45) is 5.41 Å². The van der Waals surface area contributed by atoms with E-state index in [-0.39, 0.29) is 26.1 Å². The average Bonchev–Trinajstić information content (AvgIpc) is 2.70. The van der Waals surface area contributed by atoms with Crippen LogP contribution < -0.4 is 5.32 Å². The number of hydrogen-bond donors (Lipinski definition) is 1. The summed E-state index contributed by atoms with van der Waals surface area (Å²) in [6, 6.07) is 0. The lowest BCUT2D eigenvalue weighted by Crippen LogP contribution is -2.64. The first-order valence-electron chi connectivity index (χ1n) is 7.22. The summed E-state index contributed by atoms with van der Waals surface area (Å²) in [5.41, 5.74) is -2.86. The summed E-state index contributed by atoms with van der Waals surface area (Å²) in [5, 5.41) is 2.40. The number of carbonyl (C=O) groups is 4. The molecule has 7 nitrogen and oxygen atoms in total. The van der Waals surface area contributed by atoms with Crippen molar-refractivity contribution < 1.29 is 28.7 Å². The van der Waals surface area contributed by atoms with E-state index in [2.05, 4.69) is 5.32 Å². The predicted octanol–water partition coefficient (Wildman–Crippen LogP) is 0.277. The molecule has 7 heteroatoms. The first kappa shape index (κ1) is 16.2. The molecule has 0 bridgehead atoms. The second-order valence-electron chi connectivity index (χ2n) is 5.47. The van der Waals surface area contributed by atoms with Crippen molar-refractivity contribution in [3.05, 3.63) is 11.6 Å². The van der Waals surface area contributed by atoms with E-state index in [0.29, 0.717) is 0 Å². The molecule has 22 heavy (non-hydrogen) atoms. The average molecular weight is 309 g/mol. The highest BCUT2D eigenvalue weighted by atomic mass is 16.5. The van der Waals surface area contributed by atoms with E-state index >= 15 is 0 Å². The lowest BCUT2D eigenvalue weighted by Gasteiger charge is -2.41. The molecule has 2 aliphatic rings. The van der Waals surface area contributed by atoms with Gasteiger partial charge >= 0.3 is 11.9 Å². The lowest BCUT2D eigenvalue weighted by atomic mass is 9.61. The number of esters is 2. The number of carbonyl (C=O) groups excluding carboxylic acids is 4. The fraction of sp³-hybridized carbons (Fsp3) is 0.600. The first-order chi connectivity index (χ1) is 10.4. The number of amides is 1. The van der Waals surface area contributed by atoms with Crippen LogP contribution in [-0.2, 0) is 28.7 Å². The van der Waals surface area contributed by atoms with Crippen LogP contribution in [-0.4, -0.2) is 42.4 Å². The quantitative estimate of drug-likeness (QED) is 0.346. The monoisotopic (exact) mass is 309 g/mol. The highest BCUT2D eigenvalue weighted by molar-refractivity contribution is 6.46. The summed E-state index contributed by atoms with van der Waals surface area (Å²) in [6.45, 7) is 5.08. The van der Waals surface area contributed by atoms with Crippen molar-refractivity contribution >= 4 is 23.6 Å². The van der Waals surface area contributed by atoms with Crippen LogP contribution in [0.25, 0.3) is 0 Å². The molecule has 1 N–H and O–H groups in total. The van der Waals surface area contributed by atoms with Crippen molar-refractivity contribution in [3.8, 4) is 0 Å². The van der Waals surface area contributed by atoms with Gasteiger partial charge in [0.1, 0.15) is 0 Å². The Labute approximate surface area is 128 Å². The lowest BCUT2D eigenvalue weighted by molar-refractivity contribution is -0.173. The van der Waals surface area contributed by atoms with Gasteiger partial charge in [0, 0.05) is 6.42 Å². The van der Waals surface area contributed by atoms with Gasteiger partial charge in [0.15, 0.2) is 11.0 Å². The van der Waals surface area contributed by atoms with Crippen molar-refractivity contribution in [2.45, 2.75) is 39.2 Å². The Morgan fingerprint density at radius 1 is 1.18 bits per heavy atom. The highest BCUT2D eigenvalue weighted by Gasteiger charge is 2.74. The molecule has 1 fully saturated rings. The molecule has 1 heterocycles. The Balaban J connectivity index is 2.64. The normalized spacial score (nSPS) is 30.2. The fourth-order valence-corrected chi connectivity index (χ4v) is 3.18. The molecule has 1 aliphatic heterocycles. The Morgan fingerprint density at radius 2 is 1.77 bits per heavy atom. The summed E-state index contributed by atoms with van der Waals surface area (Å²) < 4.78 is 10.0. The maximum absolute atomic E-state index is 12.5. The molecule has 2 atom stereocenters. The predicted molar refractivity (Wildman–Crippen MR) is 74.6 cm³/mol. The molecular formula is C15H19NO6. The van der Waals surface area contributed by atoms with E-state index in [1.807, 2.05) is 0 Å². The standard InChI is InChI=1S/C15H19NO6/c1-4-21-12(19)14-8-9(3)6-7-15(14,13(20)22-5-2)16-11(18)10(14)17/h6H,4-5,7-8H2,1-3H3,(H,16,18)/t14-,15+/m1/s1. The minimum absolute atomic E-state index is 0.0218. The van der Waals surface area contributed by atoms with Gasteiger partial charge in [-0.3, -0.25) is 14.4 Å². The zero-order valence-corrected chi connectivity index (χ0v) is 12.9. The third-order valence-electron chi connectivity index (χ3n) is 4.20. The van der Waals surface area contributed by atoms with Gasteiger partial charge in [0.05, 0.1) is 13.2 Å². The van der Waals surface area contributed by atoms with E-state index in [1.54, 1.807) is 26.8 Å². The van der Waals surface area contributed by atoms with E-state index in [4.69, 9.17) is 9.47 Å². The number of hydrogen-bond acceptors (Lipinski definition) is 6. The molecule has 0 unspecified atom stereocenters. The molecule has 2 rings (SSSR count). The Hall–Kier alpha value is -2.18. The number of nitrogens with one attached hydrogen (secondary N) is 1. The van der Waals surface area contributed by atoms with Gasteiger partial charge in [-0.2, -0.15) is 0 Å². The Kier molecular flexibility index (Phi) is 4.08. The van der Waals surface area contributed by atoms with Crippen molar-refractivity contribution in [2.75, 3.05) is 13.2 Å². The molecule has 0 radical (unpaired) electrons. The molecule has 0 saturated carbocycles. The molecule has 1 amide bonds. The van der Waals surface area contributed by atoms with E-state index < -0.39 is 34.6 Å². The second kappa shape index (κ2) is 5.55. The molecule has 120 valence electrons. The Bertz CT molecular complexity index is 581. The summed E-state index contributed by atoms with van der Waals surface area (Å²) in [4.78, 5) is 49.5. The number of ether oxygens (including phenoxy) is 2. The minimum atomic E-state index is -1.88. The first-order valence-corrected chi connectivity index (χ1v) is 7.22. The summed E-state index contributed by atoms with van der Waals surface area (Å²) in [6.07, 6.45) is 1.71. The maximum Gasteiger partial charge on any atom is 0.333 e. The van der Waals surface area contributed by atoms with Crippen LogP contribution >= 0.6 is 0 Å². The van der Waals surface area contributed by atoms with Crippen molar-refractivity contribution in [1.82, 2.24) is 5.32 Å². The molecule has 0 aromatic heterocycles. The number of fused-ring (bicyclic) bond motifs is 1. The third kappa shape index (κ3) is 1.95. The number of Topliss-reactive ketones (excluding diaryl/α,β-unsaturated/α-hetero) is 1. The van der Waals surface area contributed by atoms with Gasteiger partial charge in [-0.25, -0.2) is 4.79 Å². The van der Waals surface area contributed by atoms with Crippen LogP contribution in [0, 0.1) is 5.41 Å². The zero-order chi connectivity index (χ0) is 16.5. The smallest absolute Gasteiger partial charge is 0.333 e. The van der Waals surface area contributed by atoms with Gasteiger partial charge in [-0.1, -0.05) is 11.6 Å². The SMILES string of the molecule is CCOC(=O)[C@]12CC(C)=CC[C@@]1(C(=O)OCC)NC(=O)C2=O. The fourth-order valence-electron chi connectivity index (χ4n) is 3.18. The van der Waals surface area contributed by atoms with Gasteiger partial charge in [0.25, 0.3) is 5.91 Å². The molecule has 1 aliphatic carbocycles. The number of ketones is 1. The molecule has 1 saturated heterocycles. The van der Waals surface area contributed by atoms with Crippen LogP contribution in [0.4, 0.5) is 0 Å². The third-order valence-corrected chi connectivity index (χ3v) is 4.20. The van der Waals surface area contributed by atoms with Gasteiger partial charge in [-0.15, -0.1) is 0 Å². The molecule has 0 aromatic carbocycles. The Morgan fingerprint density at radius 3 is 2.36 bits per heavy atom. The summed E-state index contributed by atoms with van der Waals surface area (Å²) in [5.74, 6) is -3.54. The van der Waals surface area contributed by atoms with Crippen LogP contribution in [0.15, 0.2) is 11.6 Å². The molecule has 0 spiro atoms. The van der Waals surface area contributed by atoms with Gasteiger partial charge in [0.2, 0.25) is 5.78 Å². The van der Waals surface area contributed by atoms with Gasteiger partial charge < -0.3 is 14.8 Å².